The fraction of sp³-hybridized carbons (Fsp3) is 0.562. The van der Waals surface area contributed by atoms with Crippen LogP contribution in [0.25, 0.3) is 0 Å². The Morgan fingerprint density at radius 2 is 2.00 bits per heavy atom. The number of hydrogen-bond acceptors (Lipinski definition) is 2. The van der Waals surface area contributed by atoms with Crippen molar-refractivity contribution in [3.05, 3.63) is 34.9 Å². The van der Waals surface area contributed by atoms with Gasteiger partial charge in [0.15, 0.2) is 0 Å². The number of carbonyl (C=O) groups excluding carboxylic acids is 1. The van der Waals surface area contributed by atoms with E-state index >= 15 is 0 Å². The minimum Gasteiger partial charge on any atom is -0.341 e. The summed E-state index contributed by atoms with van der Waals surface area (Å²) >= 11 is 6.12. The van der Waals surface area contributed by atoms with Crippen LogP contribution in [0.2, 0.25) is 5.02 Å². The molecule has 5 heteroatoms. The molecule has 1 saturated heterocycles. The second kappa shape index (κ2) is 8.62. The molecule has 1 atom stereocenters. The minimum atomic E-state index is -0.417. The van der Waals surface area contributed by atoms with E-state index in [0.29, 0.717) is 6.42 Å². The predicted octanol–water partition coefficient (Wildman–Crippen LogP) is 3.28. The number of rotatable bonds is 4. The zero-order valence-electron chi connectivity index (χ0n) is 12.4. The van der Waals surface area contributed by atoms with Crippen molar-refractivity contribution in [3.8, 4) is 0 Å². The molecule has 0 radical (unpaired) electrons. The lowest BCUT2D eigenvalue weighted by Gasteiger charge is -2.32. The van der Waals surface area contributed by atoms with E-state index in [2.05, 4.69) is 6.92 Å². The van der Waals surface area contributed by atoms with E-state index in [1.54, 1.807) is 0 Å². The van der Waals surface area contributed by atoms with Crippen molar-refractivity contribution < 1.29 is 4.79 Å². The first kappa shape index (κ1) is 18.3. The second-order valence-electron chi connectivity index (χ2n) is 5.74. The summed E-state index contributed by atoms with van der Waals surface area (Å²) in [6.45, 7) is 3.93. The molecule has 21 heavy (non-hydrogen) atoms. The highest BCUT2D eigenvalue weighted by molar-refractivity contribution is 6.31. The zero-order chi connectivity index (χ0) is 14.5. The molecule has 118 valence electrons. The van der Waals surface area contributed by atoms with Crippen LogP contribution in [0.15, 0.2) is 24.3 Å². The largest absolute Gasteiger partial charge is 0.341 e. The molecule has 1 aromatic rings. The van der Waals surface area contributed by atoms with Crippen molar-refractivity contribution in [2.24, 2.45) is 11.7 Å². The summed E-state index contributed by atoms with van der Waals surface area (Å²) < 4.78 is 0. The van der Waals surface area contributed by atoms with Gasteiger partial charge in [0.1, 0.15) is 0 Å². The van der Waals surface area contributed by atoms with Crippen LogP contribution in [-0.4, -0.2) is 29.9 Å². The lowest BCUT2D eigenvalue weighted by atomic mass is 9.98. The van der Waals surface area contributed by atoms with Crippen LogP contribution in [0, 0.1) is 5.92 Å². The summed E-state index contributed by atoms with van der Waals surface area (Å²) in [6.07, 6.45) is 3.57. The molecule has 0 spiro atoms. The fourth-order valence-electron chi connectivity index (χ4n) is 2.60. The van der Waals surface area contributed by atoms with Crippen molar-refractivity contribution in [3.63, 3.8) is 0 Å². The first-order valence-electron chi connectivity index (χ1n) is 7.35. The number of nitrogens with two attached hydrogens (primary N) is 1. The first-order chi connectivity index (χ1) is 9.58. The Kier molecular flexibility index (Phi) is 7.50. The highest BCUT2D eigenvalue weighted by Crippen LogP contribution is 2.19. The van der Waals surface area contributed by atoms with Crippen molar-refractivity contribution in [2.45, 2.75) is 38.6 Å². The number of carbonyl (C=O) groups is 1. The third-order valence-corrected chi connectivity index (χ3v) is 4.46. The van der Waals surface area contributed by atoms with Gasteiger partial charge in [-0.1, -0.05) is 36.7 Å². The van der Waals surface area contributed by atoms with E-state index in [9.17, 15) is 4.79 Å². The number of piperidine rings is 1. The molecule has 3 nitrogen and oxygen atoms in total. The van der Waals surface area contributed by atoms with Crippen LogP contribution >= 0.6 is 24.0 Å². The normalized spacial score (nSPS) is 17.2. The first-order valence-corrected chi connectivity index (χ1v) is 7.73. The Morgan fingerprint density at radius 3 is 2.62 bits per heavy atom. The molecule has 0 saturated carbocycles. The quantitative estimate of drug-likeness (QED) is 0.920. The van der Waals surface area contributed by atoms with Gasteiger partial charge in [-0.15, -0.1) is 12.4 Å². The molecule has 1 aliphatic rings. The molecule has 0 bridgehead atoms. The average molecular weight is 331 g/mol. The second-order valence-corrected chi connectivity index (χ2v) is 6.15. The maximum atomic E-state index is 12.3. The molecule has 2 rings (SSSR count). The van der Waals surface area contributed by atoms with E-state index in [4.69, 9.17) is 17.3 Å². The molecule has 1 aromatic carbocycles. The Morgan fingerprint density at radius 1 is 1.38 bits per heavy atom. The molecule has 1 aliphatic heterocycles. The molecule has 1 fully saturated rings. The number of halogens is 2. The van der Waals surface area contributed by atoms with E-state index in [0.717, 1.165) is 48.9 Å². The van der Waals surface area contributed by atoms with Crippen molar-refractivity contribution in [1.29, 1.82) is 0 Å². The molecular formula is C16H24Cl2N2O. The van der Waals surface area contributed by atoms with Crippen molar-refractivity contribution in [1.82, 2.24) is 4.90 Å². The molecule has 0 aliphatic carbocycles. The number of likely N-dealkylation sites (tertiary alicyclic amines) is 1. The van der Waals surface area contributed by atoms with Gasteiger partial charge in [0, 0.05) is 18.1 Å². The van der Waals surface area contributed by atoms with E-state index in [-0.39, 0.29) is 18.3 Å². The van der Waals surface area contributed by atoms with Gasteiger partial charge in [0.05, 0.1) is 6.04 Å². The molecule has 2 N–H and O–H groups in total. The Labute approximate surface area is 138 Å². The predicted molar refractivity (Wildman–Crippen MR) is 90.0 cm³/mol. The van der Waals surface area contributed by atoms with Gasteiger partial charge in [-0.3, -0.25) is 4.79 Å². The van der Waals surface area contributed by atoms with Crippen molar-refractivity contribution in [2.75, 3.05) is 13.1 Å². The van der Waals surface area contributed by atoms with Crippen molar-refractivity contribution >= 4 is 29.9 Å². The topological polar surface area (TPSA) is 46.3 Å². The van der Waals surface area contributed by atoms with Gasteiger partial charge in [0.2, 0.25) is 5.91 Å². The number of aryl methyl sites for hydroxylation is 1. The van der Waals surface area contributed by atoms with Crippen LogP contribution < -0.4 is 5.73 Å². The van der Waals surface area contributed by atoms with Gasteiger partial charge in [-0.2, -0.15) is 0 Å². The fourth-order valence-corrected chi connectivity index (χ4v) is 2.83. The lowest BCUT2D eigenvalue weighted by molar-refractivity contribution is -0.134. The molecule has 1 heterocycles. The number of amides is 1. The summed E-state index contributed by atoms with van der Waals surface area (Å²) in [5, 5.41) is 0.749. The number of benzene rings is 1. The van der Waals surface area contributed by atoms with Gasteiger partial charge < -0.3 is 10.6 Å². The molecule has 0 aromatic heterocycles. The summed E-state index contributed by atoms with van der Waals surface area (Å²) in [5.41, 5.74) is 7.11. The van der Waals surface area contributed by atoms with E-state index in [1.165, 1.54) is 0 Å². The third-order valence-electron chi connectivity index (χ3n) is 4.10. The van der Waals surface area contributed by atoms with Crippen LogP contribution in [-0.2, 0) is 11.2 Å². The maximum absolute atomic E-state index is 12.3. The lowest BCUT2D eigenvalue weighted by Crippen LogP contribution is -2.47. The highest BCUT2D eigenvalue weighted by Gasteiger charge is 2.24. The molecule has 1 unspecified atom stereocenters. The summed E-state index contributed by atoms with van der Waals surface area (Å²) in [5.74, 6) is 0.808. The SMILES string of the molecule is CC1CCN(C(=O)C(N)CCc2ccccc2Cl)CC1.Cl. The van der Waals surface area contributed by atoms with Crippen LogP contribution in [0.1, 0.15) is 31.7 Å². The zero-order valence-corrected chi connectivity index (χ0v) is 14.0. The van der Waals surface area contributed by atoms with Gasteiger partial charge in [-0.05, 0) is 43.2 Å². The third kappa shape index (κ3) is 5.17. The Balaban J connectivity index is 0.00000220. The average Bonchev–Trinajstić information content (AvgIpc) is 2.46. The highest BCUT2D eigenvalue weighted by atomic mass is 35.5. The standard InChI is InChI=1S/C16H23ClN2O.ClH/c1-12-8-10-19(11-9-12)16(20)15(18)7-6-13-4-2-3-5-14(13)17;/h2-5,12,15H,6-11,18H2,1H3;1H. The monoisotopic (exact) mass is 330 g/mol. The number of hydrogen-bond donors (Lipinski definition) is 1. The smallest absolute Gasteiger partial charge is 0.239 e. The summed E-state index contributed by atoms with van der Waals surface area (Å²) in [4.78, 5) is 14.2. The maximum Gasteiger partial charge on any atom is 0.239 e. The van der Waals surface area contributed by atoms with E-state index in [1.807, 2.05) is 29.2 Å². The van der Waals surface area contributed by atoms with Crippen LogP contribution in [0.3, 0.4) is 0 Å². The van der Waals surface area contributed by atoms with Crippen LogP contribution in [0.5, 0.6) is 0 Å². The van der Waals surface area contributed by atoms with Gasteiger partial charge >= 0.3 is 0 Å². The number of nitrogens with zero attached hydrogens (tertiary/aromatic N) is 1. The Hall–Kier alpha value is -0.770. The minimum absolute atomic E-state index is 0. The summed E-state index contributed by atoms with van der Waals surface area (Å²) in [7, 11) is 0. The van der Waals surface area contributed by atoms with E-state index < -0.39 is 6.04 Å². The van der Waals surface area contributed by atoms with Gasteiger partial charge in [-0.25, -0.2) is 0 Å². The summed E-state index contributed by atoms with van der Waals surface area (Å²) in [6, 6.07) is 7.31. The molecular weight excluding hydrogens is 307 g/mol. The molecule has 1 amide bonds. The van der Waals surface area contributed by atoms with Gasteiger partial charge in [0.25, 0.3) is 0 Å². The van der Waals surface area contributed by atoms with Crippen LogP contribution in [0.4, 0.5) is 0 Å². The Bertz CT molecular complexity index is 459.